The van der Waals surface area contributed by atoms with Crippen molar-refractivity contribution < 1.29 is 9.13 Å². The zero-order valence-electron chi connectivity index (χ0n) is 11.0. The van der Waals surface area contributed by atoms with Gasteiger partial charge >= 0.3 is 0 Å². The topological polar surface area (TPSA) is 24.5 Å². The molecule has 100 valence electrons. The molecule has 0 bridgehead atoms. The number of rotatable bonds is 5. The zero-order valence-corrected chi connectivity index (χ0v) is 11.0. The molecule has 18 heavy (non-hydrogen) atoms. The molecule has 0 radical (unpaired) electrons. The Bertz CT molecular complexity index is 369. The van der Waals surface area contributed by atoms with Gasteiger partial charge < -0.3 is 15.0 Å². The maximum atomic E-state index is 12.8. The molecule has 1 fully saturated rings. The fourth-order valence-corrected chi connectivity index (χ4v) is 2.40. The Morgan fingerprint density at radius 2 is 1.94 bits per heavy atom. The molecule has 4 heteroatoms. The van der Waals surface area contributed by atoms with Crippen LogP contribution in [0.15, 0.2) is 24.3 Å². The average Bonchev–Trinajstić information content (AvgIpc) is 2.78. The summed E-state index contributed by atoms with van der Waals surface area (Å²) in [4.78, 5) is 2.12. The summed E-state index contributed by atoms with van der Waals surface area (Å²) in [6.07, 6.45) is 2.82. The van der Waals surface area contributed by atoms with Crippen LogP contribution in [0.1, 0.15) is 12.8 Å². The first kappa shape index (κ1) is 13.3. The van der Waals surface area contributed by atoms with Crippen molar-refractivity contribution in [2.45, 2.75) is 25.0 Å². The minimum atomic E-state index is -0.196. The second-order valence-electron chi connectivity index (χ2n) is 4.87. The Morgan fingerprint density at radius 3 is 2.61 bits per heavy atom. The summed E-state index contributed by atoms with van der Waals surface area (Å²) in [5, 5.41) is 3.14. The summed E-state index contributed by atoms with van der Waals surface area (Å²) in [6, 6.07) is 6.58. The van der Waals surface area contributed by atoms with Crippen LogP contribution in [-0.4, -0.2) is 39.4 Å². The first-order valence-corrected chi connectivity index (χ1v) is 6.46. The van der Waals surface area contributed by atoms with Gasteiger partial charge in [-0.2, -0.15) is 0 Å². The summed E-state index contributed by atoms with van der Waals surface area (Å²) < 4.78 is 18.8. The Labute approximate surface area is 108 Å². The third-order valence-corrected chi connectivity index (χ3v) is 3.37. The van der Waals surface area contributed by atoms with E-state index in [4.69, 9.17) is 4.74 Å². The molecule has 1 heterocycles. The maximum Gasteiger partial charge on any atom is 0.123 e. The highest BCUT2D eigenvalue weighted by atomic mass is 19.1. The molecule has 2 unspecified atom stereocenters. The summed E-state index contributed by atoms with van der Waals surface area (Å²) in [5.41, 5.74) is 1.03. The molecule has 1 aromatic carbocycles. The normalized spacial score (nSPS) is 23.3. The van der Waals surface area contributed by atoms with Crippen LogP contribution in [0.2, 0.25) is 0 Å². The number of hydrogen-bond acceptors (Lipinski definition) is 3. The van der Waals surface area contributed by atoms with E-state index in [1.807, 2.05) is 14.1 Å². The third kappa shape index (κ3) is 3.43. The van der Waals surface area contributed by atoms with Gasteiger partial charge in [-0.3, -0.25) is 0 Å². The number of halogens is 1. The van der Waals surface area contributed by atoms with Gasteiger partial charge in [-0.25, -0.2) is 4.39 Å². The standard InChI is InChI=1S/C14H21FN2O/c1-16-9-13-7-8-14(18-13)10-17(2)12-5-3-11(15)4-6-12/h3-6,13-14,16H,7-10H2,1-2H3. The van der Waals surface area contributed by atoms with Crippen LogP contribution in [0.4, 0.5) is 10.1 Å². The molecule has 0 saturated carbocycles. The van der Waals surface area contributed by atoms with Crippen molar-refractivity contribution in [2.24, 2.45) is 0 Å². The van der Waals surface area contributed by atoms with Gasteiger partial charge in [-0.05, 0) is 44.2 Å². The molecular formula is C14H21FN2O. The summed E-state index contributed by atoms with van der Waals surface area (Å²) in [7, 11) is 3.96. The van der Waals surface area contributed by atoms with Crippen LogP contribution in [0.3, 0.4) is 0 Å². The monoisotopic (exact) mass is 252 g/mol. The largest absolute Gasteiger partial charge is 0.372 e. The summed E-state index contributed by atoms with van der Waals surface area (Å²) in [5.74, 6) is -0.196. The molecule has 3 nitrogen and oxygen atoms in total. The van der Waals surface area contributed by atoms with Gasteiger partial charge in [0.15, 0.2) is 0 Å². The average molecular weight is 252 g/mol. The lowest BCUT2D eigenvalue weighted by Gasteiger charge is -2.23. The molecule has 0 aromatic heterocycles. The van der Waals surface area contributed by atoms with E-state index >= 15 is 0 Å². The van der Waals surface area contributed by atoms with Crippen molar-refractivity contribution in [3.8, 4) is 0 Å². The summed E-state index contributed by atoms with van der Waals surface area (Å²) in [6.45, 7) is 1.77. The lowest BCUT2D eigenvalue weighted by atomic mass is 10.2. The Balaban J connectivity index is 1.84. The van der Waals surface area contributed by atoms with Crippen molar-refractivity contribution in [1.82, 2.24) is 5.32 Å². The molecule has 2 rings (SSSR count). The Morgan fingerprint density at radius 1 is 1.28 bits per heavy atom. The highest BCUT2D eigenvalue weighted by Crippen LogP contribution is 2.22. The fraction of sp³-hybridized carbons (Fsp3) is 0.571. The van der Waals surface area contributed by atoms with Crippen LogP contribution >= 0.6 is 0 Å². The lowest BCUT2D eigenvalue weighted by molar-refractivity contribution is 0.0511. The molecule has 0 amide bonds. The number of likely N-dealkylation sites (N-methyl/N-ethyl adjacent to an activating group) is 2. The highest BCUT2D eigenvalue weighted by Gasteiger charge is 2.25. The number of nitrogens with zero attached hydrogens (tertiary/aromatic N) is 1. The molecule has 2 atom stereocenters. The molecule has 1 aliphatic rings. The molecule has 0 spiro atoms. The van der Waals surface area contributed by atoms with Crippen LogP contribution in [0.25, 0.3) is 0 Å². The first-order chi connectivity index (χ1) is 8.69. The van der Waals surface area contributed by atoms with Gasteiger partial charge in [0.1, 0.15) is 5.82 Å². The zero-order chi connectivity index (χ0) is 13.0. The Kier molecular flexibility index (Phi) is 4.55. The number of benzene rings is 1. The van der Waals surface area contributed by atoms with Crippen LogP contribution < -0.4 is 10.2 Å². The van der Waals surface area contributed by atoms with Crippen molar-refractivity contribution in [2.75, 3.05) is 32.1 Å². The van der Waals surface area contributed by atoms with Gasteiger partial charge in [0.05, 0.1) is 12.2 Å². The van der Waals surface area contributed by atoms with E-state index in [9.17, 15) is 4.39 Å². The quantitative estimate of drug-likeness (QED) is 0.868. The van der Waals surface area contributed by atoms with Crippen molar-refractivity contribution in [1.29, 1.82) is 0 Å². The van der Waals surface area contributed by atoms with Gasteiger partial charge in [0, 0.05) is 25.8 Å². The number of nitrogens with one attached hydrogen (secondary N) is 1. The van der Waals surface area contributed by atoms with E-state index in [0.717, 1.165) is 31.6 Å². The van der Waals surface area contributed by atoms with E-state index in [0.29, 0.717) is 6.10 Å². The molecule has 1 N–H and O–H groups in total. The molecule has 1 aromatic rings. The maximum absolute atomic E-state index is 12.8. The third-order valence-electron chi connectivity index (χ3n) is 3.37. The number of anilines is 1. The molecule has 1 saturated heterocycles. The van der Waals surface area contributed by atoms with E-state index in [1.54, 1.807) is 12.1 Å². The predicted molar refractivity (Wildman–Crippen MR) is 71.5 cm³/mol. The first-order valence-electron chi connectivity index (χ1n) is 6.46. The number of ether oxygens (including phenoxy) is 1. The van der Waals surface area contributed by atoms with Crippen molar-refractivity contribution in [3.05, 3.63) is 30.1 Å². The van der Waals surface area contributed by atoms with Gasteiger partial charge in [-0.1, -0.05) is 0 Å². The predicted octanol–water partition coefficient (Wildman–Crippen LogP) is 2.03. The minimum absolute atomic E-state index is 0.196. The summed E-state index contributed by atoms with van der Waals surface area (Å²) >= 11 is 0. The van der Waals surface area contributed by atoms with E-state index in [-0.39, 0.29) is 11.9 Å². The molecule has 0 aliphatic carbocycles. The van der Waals surface area contributed by atoms with Crippen LogP contribution in [0.5, 0.6) is 0 Å². The van der Waals surface area contributed by atoms with E-state index in [2.05, 4.69) is 10.2 Å². The fourth-order valence-electron chi connectivity index (χ4n) is 2.40. The van der Waals surface area contributed by atoms with Gasteiger partial charge in [0.2, 0.25) is 0 Å². The van der Waals surface area contributed by atoms with Crippen molar-refractivity contribution in [3.63, 3.8) is 0 Å². The number of hydrogen-bond donors (Lipinski definition) is 1. The van der Waals surface area contributed by atoms with Gasteiger partial charge in [-0.15, -0.1) is 0 Å². The van der Waals surface area contributed by atoms with Crippen LogP contribution in [0, 0.1) is 5.82 Å². The Hall–Kier alpha value is -1.13. The second kappa shape index (κ2) is 6.16. The van der Waals surface area contributed by atoms with Crippen LogP contribution in [-0.2, 0) is 4.74 Å². The van der Waals surface area contributed by atoms with E-state index < -0.39 is 0 Å². The van der Waals surface area contributed by atoms with Crippen molar-refractivity contribution >= 4 is 5.69 Å². The smallest absolute Gasteiger partial charge is 0.123 e. The second-order valence-corrected chi connectivity index (χ2v) is 4.87. The molecule has 1 aliphatic heterocycles. The highest BCUT2D eigenvalue weighted by molar-refractivity contribution is 5.45. The minimum Gasteiger partial charge on any atom is -0.372 e. The lowest BCUT2D eigenvalue weighted by Crippen LogP contribution is -2.31. The SMILES string of the molecule is CNCC1CCC(CN(C)c2ccc(F)cc2)O1. The van der Waals surface area contributed by atoms with E-state index in [1.165, 1.54) is 12.1 Å². The molecular weight excluding hydrogens is 231 g/mol. The van der Waals surface area contributed by atoms with Gasteiger partial charge in [0.25, 0.3) is 0 Å².